The van der Waals surface area contributed by atoms with Crippen molar-refractivity contribution in [3.8, 4) is 0 Å². The Balaban J connectivity index is 2.38. The highest BCUT2D eigenvalue weighted by Crippen LogP contribution is 2.04. The van der Waals surface area contributed by atoms with Gasteiger partial charge >= 0.3 is 0 Å². The smallest absolute Gasteiger partial charge is 0.124 e. The fourth-order valence-electron chi connectivity index (χ4n) is 0.832. The minimum Gasteiger partial charge on any atom is -0.384 e. The lowest BCUT2D eigenvalue weighted by Crippen LogP contribution is -2.11. The average Bonchev–Trinajstić information content (AvgIpc) is 2.16. The quantitative estimate of drug-likeness (QED) is 0.683. The van der Waals surface area contributed by atoms with Crippen LogP contribution in [0.15, 0.2) is 24.3 Å². The summed E-state index contributed by atoms with van der Waals surface area (Å²) in [4.78, 5) is 10.3. The summed E-state index contributed by atoms with van der Waals surface area (Å²) in [7, 11) is 0. The molecule has 0 aliphatic carbocycles. The van der Waals surface area contributed by atoms with Gasteiger partial charge in [-0.05, 0) is 18.2 Å². The zero-order valence-electron chi connectivity index (χ0n) is 7.08. The van der Waals surface area contributed by atoms with E-state index in [4.69, 9.17) is 0 Å². The van der Waals surface area contributed by atoms with Gasteiger partial charge in [-0.3, -0.25) is 0 Å². The number of nitrogens with one attached hydrogen (secondary N) is 1. The van der Waals surface area contributed by atoms with E-state index in [1.54, 1.807) is 0 Å². The van der Waals surface area contributed by atoms with Crippen LogP contribution in [-0.4, -0.2) is 12.8 Å². The van der Waals surface area contributed by atoms with Gasteiger partial charge < -0.3 is 10.1 Å². The van der Waals surface area contributed by atoms with Crippen molar-refractivity contribution in [1.29, 1.82) is 0 Å². The second-order valence-electron chi connectivity index (χ2n) is 2.78. The first-order chi connectivity index (χ1) is 5.83. The number of carbonyl (C=O) groups is 1. The van der Waals surface area contributed by atoms with Crippen molar-refractivity contribution < 1.29 is 4.79 Å². The standard InChI is InChI=1S/C10H12NO/c1-9(8-12)7-11-10-5-3-2-4-6-10/h3-6,8-9,11H,7H2,1H3. The predicted molar refractivity (Wildman–Crippen MR) is 49.0 cm³/mol. The zero-order valence-corrected chi connectivity index (χ0v) is 7.08. The minimum atomic E-state index is 0.0641. The summed E-state index contributed by atoms with van der Waals surface area (Å²) >= 11 is 0. The summed E-state index contributed by atoms with van der Waals surface area (Å²) in [6, 6.07) is 10.5. The molecule has 0 saturated carbocycles. The molecule has 2 heteroatoms. The molecule has 12 heavy (non-hydrogen) atoms. The number of anilines is 1. The van der Waals surface area contributed by atoms with Crippen molar-refractivity contribution in [1.82, 2.24) is 0 Å². The molecule has 1 N–H and O–H groups in total. The van der Waals surface area contributed by atoms with Crippen molar-refractivity contribution in [2.45, 2.75) is 6.92 Å². The summed E-state index contributed by atoms with van der Waals surface area (Å²) in [6.07, 6.45) is 0.946. The van der Waals surface area contributed by atoms with Gasteiger partial charge in [-0.25, -0.2) is 0 Å². The Bertz CT molecular complexity index is 233. The monoisotopic (exact) mass is 162 g/mol. The fourth-order valence-corrected chi connectivity index (χ4v) is 0.832. The van der Waals surface area contributed by atoms with Gasteiger partial charge in [0.2, 0.25) is 0 Å². The van der Waals surface area contributed by atoms with E-state index in [0.717, 1.165) is 12.0 Å². The van der Waals surface area contributed by atoms with Gasteiger partial charge in [0.15, 0.2) is 0 Å². The third-order valence-electron chi connectivity index (χ3n) is 1.58. The van der Waals surface area contributed by atoms with E-state index in [9.17, 15) is 4.79 Å². The molecule has 0 heterocycles. The van der Waals surface area contributed by atoms with E-state index >= 15 is 0 Å². The second kappa shape index (κ2) is 4.54. The lowest BCUT2D eigenvalue weighted by Gasteiger charge is -2.06. The Morgan fingerprint density at radius 2 is 2.25 bits per heavy atom. The summed E-state index contributed by atoms with van der Waals surface area (Å²) < 4.78 is 0. The van der Waals surface area contributed by atoms with Gasteiger partial charge in [0.1, 0.15) is 6.29 Å². The Hall–Kier alpha value is -1.31. The molecule has 1 atom stereocenters. The Morgan fingerprint density at radius 1 is 1.58 bits per heavy atom. The van der Waals surface area contributed by atoms with E-state index < -0.39 is 0 Å². The Morgan fingerprint density at radius 3 is 2.83 bits per heavy atom. The third kappa shape index (κ3) is 2.74. The van der Waals surface area contributed by atoms with E-state index in [-0.39, 0.29) is 5.92 Å². The molecule has 1 unspecified atom stereocenters. The molecule has 1 radical (unpaired) electrons. The number of rotatable bonds is 4. The molecule has 2 nitrogen and oxygen atoms in total. The number of carbonyl (C=O) groups excluding carboxylic acids is 1. The van der Waals surface area contributed by atoms with Crippen molar-refractivity contribution in [2.24, 2.45) is 5.92 Å². The predicted octanol–water partition coefficient (Wildman–Crippen LogP) is 1.73. The van der Waals surface area contributed by atoms with Crippen LogP contribution in [0.3, 0.4) is 0 Å². The van der Waals surface area contributed by atoms with Crippen LogP contribution in [0.25, 0.3) is 0 Å². The number of benzene rings is 1. The topological polar surface area (TPSA) is 29.1 Å². The number of hydrogen-bond acceptors (Lipinski definition) is 2. The first-order valence-electron chi connectivity index (χ1n) is 3.98. The van der Waals surface area contributed by atoms with Crippen molar-refractivity contribution >= 4 is 12.0 Å². The SMILES string of the molecule is CC(C=O)CNc1cc[c]cc1. The molecule has 0 aliphatic rings. The van der Waals surface area contributed by atoms with Crippen molar-refractivity contribution in [3.05, 3.63) is 30.3 Å². The molecule has 63 valence electrons. The van der Waals surface area contributed by atoms with Gasteiger partial charge in [-0.1, -0.05) is 19.1 Å². The first-order valence-corrected chi connectivity index (χ1v) is 3.98. The molecule has 0 saturated heterocycles. The van der Waals surface area contributed by atoms with Gasteiger partial charge in [-0.15, -0.1) is 0 Å². The van der Waals surface area contributed by atoms with E-state index in [1.807, 2.05) is 31.2 Å². The lowest BCUT2D eigenvalue weighted by molar-refractivity contribution is -0.110. The summed E-state index contributed by atoms with van der Waals surface area (Å²) in [5.74, 6) is 0.0641. The van der Waals surface area contributed by atoms with Crippen LogP contribution < -0.4 is 5.32 Å². The third-order valence-corrected chi connectivity index (χ3v) is 1.58. The first kappa shape index (κ1) is 8.78. The lowest BCUT2D eigenvalue weighted by atomic mass is 10.2. The van der Waals surface area contributed by atoms with E-state index in [0.29, 0.717) is 6.54 Å². The van der Waals surface area contributed by atoms with Crippen LogP contribution in [0.5, 0.6) is 0 Å². The average molecular weight is 162 g/mol. The maximum Gasteiger partial charge on any atom is 0.124 e. The molecule has 0 amide bonds. The Labute approximate surface area is 72.6 Å². The molecule has 0 spiro atoms. The molecule has 1 aromatic carbocycles. The number of hydrogen-bond donors (Lipinski definition) is 1. The van der Waals surface area contributed by atoms with Crippen LogP contribution >= 0.6 is 0 Å². The second-order valence-corrected chi connectivity index (χ2v) is 2.78. The molecule has 1 aromatic rings. The van der Waals surface area contributed by atoms with Crippen LogP contribution in [0.1, 0.15) is 6.92 Å². The highest BCUT2D eigenvalue weighted by Gasteiger charge is 1.97. The van der Waals surface area contributed by atoms with Crippen LogP contribution in [-0.2, 0) is 4.79 Å². The number of aldehydes is 1. The molecular weight excluding hydrogens is 150 g/mol. The van der Waals surface area contributed by atoms with E-state index in [1.165, 1.54) is 0 Å². The minimum absolute atomic E-state index is 0.0641. The summed E-state index contributed by atoms with van der Waals surface area (Å²) in [5.41, 5.74) is 1.03. The van der Waals surface area contributed by atoms with Crippen LogP contribution in [0, 0.1) is 12.0 Å². The van der Waals surface area contributed by atoms with Crippen LogP contribution in [0.4, 0.5) is 5.69 Å². The van der Waals surface area contributed by atoms with Crippen molar-refractivity contribution in [3.63, 3.8) is 0 Å². The van der Waals surface area contributed by atoms with Gasteiger partial charge in [0.25, 0.3) is 0 Å². The Kier molecular flexibility index (Phi) is 3.33. The molecule has 0 bridgehead atoms. The largest absolute Gasteiger partial charge is 0.384 e. The van der Waals surface area contributed by atoms with Gasteiger partial charge in [-0.2, -0.15) is 0 Å². The summed E-state index contributed by atoms with van der Waals surface area (Å²) in [5, 5.41) is 3.14. The van der Waals surface area contributed by atoms with Crippen molar-refractivity contribution in [2.75, 3.05) is 11.9 Å². The molecule has 1 rings (SSSR count). The van der Waals surface area contributed by atoms with Gasteiger partial charge in [0, 0.05) is 18.2 Å². The maximum absolute atomic E-state index is 10.3. The summed E-state index contributed by atoms with van der Waals surface area (Å²) in [6.45, 7) is 2.57. The molecule has 0 aromatic heterocycles. The van der Waals surface area contributed by atoms with Crippen LogP contribution in [0.2, 0.25) is 0 Å². The molecular formula is C10H12NO. The maximum atomic E-state index is 10.3. The zero-order chi connectivity index (χ0) is 8.81. The fraction of sp³-hybridized carbons (Fsp3) is 0.300. The van der Waals surface area contributed by atoms with E-state index in [2.05, 4.69) is 11.4 Å². The highest BCUT2D eigenvalue weighted by molar-refractivity contribution is 5.54. The normalized spacial score (nSPS) is 12.1. The molecule has 0 fully saturated rings. The highest BCUT2D eigenvalue weighted by atomic mass is 16.1. The molecule has 0 aliphatic heterocycles. The van der Waals surface area contributed by atoms with Gasteiger partial charge in [0.05, 0.1) is 0 Å².